The number of carboxylic acid groups (broad SMARTS) is 1. The van der Waals surface area contributed by atoms with Gasteiger partial charge in [-0.1, -0.05) is 18.2 Å². The number of benzene rings is 1. The van der Waals surface area contributed by atoms with E-state index in [1.807, 2.05) is 18.2 Å². The van der Waals surface area contributed by atoms with Crippen LogP contribution in [0.3, 0.4) is 0 Å². The van der Waals surface area contributed by atoms with Crippen LogP contribution in [0.2, 0.25) is 0 Å². The number of hydrogen-bond donors (Lipinski definition) is 3. The lowest BCUT2D eigenvalue weighted by atomic mass is 10.2. The van der Waals surface area contributed by atoms with Gasteiger partial charge in [-0.3, -0.25) is 4.79 Å². The van der Waals surface area contributed by atoms with Gasteiger partial charge in [0.25, 0.3) is 0 Å². The number of para-hydroxylation sites is 1. The van der Waals surface area contributed by atoms with Crippen molar-refractivity contribution in [3.63, 3.8) is 0 Å². The highest BCUT2D eigenvalue weighted by atomic mass is 32.1. The van der Waals surface area contributed by atoms with Gasteiger partial charge >= 0.3 is 5.97 Å². The fourth-order valence-electron chi connectivity index (χ4n) is 1.43. The van der Waals surface area contributed by atoms with Crippen molar-refractivity contribution >= 4 is 24.5 Å². The average molecular weight is 283 g/mol. The minimum atomic E-state index is -1.05. The van der Waals surface area contributed by atoms with E-state index < -0.39 is 12.0 Å². The Bertz CT molecular complexity index is 410. The van der Waals surface area contributed by atoms with Crippen LogP contribution in [0, 0.1) is 0 Å². The first-order valence-corrected chi connectivity index (χ1v) is 6.57. The third-order valence-corrected chi connectivity index (χ3v) is 2.65. The number of nitrogens with one attached hydrogen (secondary N) is 1. The molecule has 1 aromatic rings. The van der Waals surface area contributed by atoms with Crippen LogP contribution in [0.4, 0.5) is 0 Å². The second kappa shape index (κ2) is 8.42. The van der Waals surface area contributed by atoms with Crippen LogP contribution >= 0.6 is 12.6 Å². The molecule has 0 heterocycles. The number of aliphatic carboxylic acids is 1. The van der Waals surface area contributed by atoms with Crippen molar-refractivity contribution in [2.24, 2.45) is 0 Å². The summed E-state index contributed by atoms with van der Waals surface area (Å²) in [6.45, 7) is 0.211. The Morgan fingerprint density at radius 1 is 1.32 bits per heavy atom. The fourth-order valence-corrected chi connectivity index (χ4v) is 1.69. The van der Waals surface area contributed by atoms with Crippen molar-refractivity contribution < 1.29 is 19.4 Å². The Labute approximate surface area is 117 Å². The van der Waals surface area contributed by atoms with Gasteiger partial charge in [0.05, 0.1) is 13.0 Å². The molecule has 1 amide bonds. The zero-order chi connectivity index (χ0) is 14.1. The Hall–Kier alpha value is -1.69. The first kappa shape index (κ1) is 15.4. The first-order chi connectivity index (χ1) is 9.13. The van der Waals surface area contributed by atoms with Crippen molar-refractivity contribution in [1.29, 1.82) is 0 Å². The third-order valence-electron chi connectivity index (χ3n) is 2.39. The predicted molar refractivity (Wildman–Crippen MR) is 74.6 cm³/mol. The van der Waals surface area contributed by atoms with E-state index in [0.29, 0.717) is 17.9 Å². The number of carboxylic acids is 1. The molecule has 6 heteroatoms. The van der Waals surface area contributed by atoms with Crippen LogP contribution in [0.15, 0.2) is 30.3 Å². The second-order valence-corrected chi connectivity index (χ2v) is 4.33. The number of amides is 1. The molecule has 0 bridgehead atoms. The number of thiol groups is 1. The summed E-state index contributed by atoms with van der Waals surface area (Å²) >= 11 is 3.96. The summed E-state index contributed by atoms with van der Waals surface area (Å²) in [4.78, 5) is 22.4. The Balaban J connectivity index is 2.29. The van der Waals surface area contributed by atoms with E-state index in [2.05, 4.69) is 17.9 Å². The molecule has 1 atom stereocenters. The van der Waals surface area contributed by atoms with Crippen molar-refractivity contribution in [2.45, 2.75) is 18.9 Å². The lowest BCUT2D eigenvalue weighted by Crippen LogP contribution is -2.41. The molecule has 0 aliphatic heterocycles. The SMILES string of the molecule is O=C(CCOc1ccccc1)NC(CCS)C(=O)O. The molecule has 0 spiro atoms. The van der Waals surface area contributed by atoms with Gasteiger partial charge in [0.15, 0.2) is 0 Å². The molecule has 1 aromatic carbocycles. The van der Waals surface area contributed by atoms with E-state index in [1.165, 1.54) is 0 Å². The summed E-state index contributed by atoms with van der Waals surface area (Å²) in [7, 11) is 0. The van der Waals surface area contributed by atoms with E-state index in [1.54, 1.807) is 12.1 Å². The monoisotopic (exact) mass is 283 g/mol. The summed E-state index contributed by atoms with van der Waals surface area (Å²) in [6, 6.07) is 8.24. The minimum Gasteiger partial charge on any atom is -0.493 e. The highest BCUT2D eigenvalue weighted by Gasteiger charge is 2.18. The number of carbonyl (C=O) groups excluding carboxylic acids is 1. The van der Waals surface area contributed by atoms with Crippen molar-refractivity contribution in [3.8, 4) is 5.75 Å². The number of rotatable bonds is 8. The van der Waals surface area contributed by atoms with Crippen molar-refractivity contribution in [1.82, 2.24) is 5.32 Å². The standard InChI is InChI=1S/C13H17NO4S/c15-12(14-11(7-9-19)13(16)17)6-8-18-10-4-2-1-3-5-10/h1-5,11,19H,6-9H2,(H,14,15)(H,16,17). The minimum absolute atomic E-state index is 0.116. The van der Waals surface area contributed by atoms with Crippen LogP contribution in [-0.2, 0) is 9.59 Å². The third kappa shape index (κ3) is 6.15. The fraction of sp³-hybridized carbons (Fsp3) is 0.385. The maximum Gasteiger partial charge on any atom is 0.326 e. The molecule has 0 aliphatic carbocycles. The van der Waals surface area contributed by atoms with Gasteiger partial charge in [0.1, 0.15) is 11.8 Å². The number of hydrogen-bond acceptors (Lipinski definition) is 4. The van der Waals surface area contributed by atoms with Gasteiger partial charge < -0.3 is 15.2 Å². The molecule has 5 nitrogen and oxygen atoms in total. The van der Waals surface area contributed by atoms with Gasteiger partial charge in [-0.2, -0.15) is 12.6 Å². The molecule has 0 aromatic heterocycles. The summed E-state index contributed by atoms with van der Waals surface area (Å²) in [5.41, 5.74) is 0. The highest BCUT2D eigenvalue weighted by molar-refractivity contribution is 7.80. The van der Waals surface area contributed by atoms with E-state index in [0.717, 1.165) is 0 Å². The van der Waals surface area contributed by atoms with Gasteiger partial charge in [-0.05, 0) is 24.3 Å². The number of ether oxygens (including phenoxy) is 1. The van der Waals surface area contributed by atoms with E-state index in [9.17, 15) is 9.59 Å². The summed E-state index contributed by atoms with van der Waals surface area (Å²) in [5.74, 6) is -0.311. The lowest BCUT2D eigenvalue weighted by molar-refractivity contribution is -0.141. The summed E-state index contributed by atoms with van der Waals surface area (Å²) < 4.78 is 5.36. The normalized spacial score (nSPS) is 11.6. The quantitative estimate of drug-likeness (QED) is 0.629. The van der Waals surface area contributed by atoms with Crippen LogP contribution < -0.4 is 10.1 Å². The van der Waals surface area contributed by atoms with E-state index in [-0.39, 0.29) is 18.9 Å². The van der Waals surface area contributed by atoms with E-state index >= 15 is 0 Å². The topological polar surface area (TPSA) is 75.6 Å². The molecular formula is C13H17NO4S. The summed E-state index contributed by atoms with van der Waals surface area (Å²) in [6.07, 6.45) is 0.412. The van der Waals surface area contributed by atoms with Gasteiger partial charge in [-0.25, -0.2) is 4.79 Å². The maximum atomic E-state index is 11.5. The number of carbonyl (C=O) groups is 2. The molecule has 0 saturated carbocycles. The van der Waals surface area contributed by atoms with Crippen LogP contribution in [-0.4, -0.2) is 35.4 Å². The van der Waals surface area contributed by atoms with Crippen LogP contribution in [0.5, 0.6) is 5.75 Å². The largest absolute Gasteiger partial charge is 0.493 e. The highest BCUT2D eigenvalue weighted by Crippen LogP contribution is 2.08. The van der Waals surface area contributed by atoms with Crippen molar-refractivity contribution in [2.75, 3.05) is 12.4 Å². The Morgan fingerprint density at radius 3 is 2.58 bits per heavy atom. The molecule has 1 rings (SSSR count). The summed E-state index contributed by atoms with van der Waals surface area (Å²) in [5, 5.41) is 11.3. The van der Waals surface area contributed by atoms with Gasteiger partial charge in [-0.15, -0.1) is 0 Å². The molecule has 2 N–H and O–H groups in total. The molecule has 0 saturated heterocycles. The van der Waals surface area contributed by atoms with Crippen LogP contribution in [0.25, 0.3) is 0 Å². The zero-order valence-electron chi connectivity index (χ0n) is 10.4. The molecule has 0 radical (unpaired) electrons. The average Bonchev–Trinajstić information content (AvgIpc) is 2.39. The smallest absolute Gasteiger partial charge is 0.326 e. The molecule has 104 valence electrons. The first-order valence-electron chi connectivity index (χ1n) is 5.94. The maximum absolute atomic E-state index is 11.5. The molecule has 0 aliphatic rings. The predicted octanol–water partition coefficient (Wildman–Crippen LogP) is 1.34. The van der Waals surface area contributed by atoms with Crippen molar-refractivity contribution in [3.05, 3.63) is 30.3 Å². The Kier molecular flexibility index (Phi) is 6.81. The van der Waals surface area contributed by atoms with Crippen LogP contribution in [0.1, 0.15) is 12.8 Å². The molecular weight excluding hydrogens is 266 g/mol. The van der Waals surface area contributed by atoms with Gasteiger partial charge in [0.2, 0.25) is 5.91 Å². The Morgan fingerprint density at radius 2 is 2.00 bits per heavy atom. The molecule has 0 fully saturated rings. The lowest BCUT2D eigenvalue weighted by Gasteiger charge is -2.13. The van der Waals surface area contributed by atoms with E-state index in [4.69, 9.17) is 9.84 Å². The molecule has 19 heavy (non-hydrogen) atoms. The zero-order valence-corrected chi connectivity index (χ0v) is 11.3. The van der Waals surface area contributed by atoms with Gasteiger partial charge in [0, 0.05) is 0 Å². The second-order valence-electron chi connectivity index (χ2n) is 3.88. The molecule has 1 unspecified atom stereocenters.